The summed E-state index contributed by atoms with van der Waals surface area (Å²) >= 11 is 15.7. The van der Waals surface area contributed by atoms with E-state index in [2.05, 4.69) is 63.7 Å². The maximum absolute atomic E-state index is 3.98. The van der Waals surface area contributed by atoms with Crippen LogP contribution in [0.3, 0.4) is 0 Å². The molecule has 0 aromatic carbocycles. The van der Waals surface area contributed by atoms with Crippen molar-refractivity contribution < 1.29 is 0 Å². The van der Waals surface area contributed by atoms with Crippen molar-refractivity contribution in [2.24, 2.45) is 22.7 Å². The van der Waals surface area contributed by atoms with Crippen LogP contribution in [0.15, 0.2) is 0 Å². The van der Waals surface area contributed by atoms with Gasteiger partial charge in [0.2, 0.25) is 0 Å². The molecular weight excluding hydrogens is 452 g/mol. The van der Waals surface area contributed by atoms with Crippen molar-refractivity contribution in [3.05, 3.63) is 0 Å². The summed E-state index contributed by atoms with van der Waals surface area (Å²) in [6.07, 6.45) is 7.07. The summed E-state index contributed by atoms with van der Waals surface area (Å²) in [6.45, 7) is 0. The van der Waals surface area contributed by atoms with E-state index in [0.717, 1.165) is 11.8 Å². The molecule has 0 amide bonds. The Kier molecular flexibility index (Phi) is 1.87. The van der Waals surface area contributed by atoms with Gasteiger partial charge in [-0.1, -0.05) is 70.1 Å². The zero-order valence-corrected chi connectivity index (χ0v) is 14.5. The van der Waals surface area contributed by atoms with Crippen molar-refractivity contribution in [3.63, 3.8) is 0 Å². The minimum Gasteiger partial charge on any atom is -0.0721 e. The molecule has 4 saturated carbocycles. The first-order valence-corrected chi connectivity index (χ1v) is 8.82. The second-order valence-electron chi connectivity index (χ2n) is 5.89. The second-order valence-corrected chi connectivity index (χ2v) is 13.0. The molecule has 0 saturated heterocycles. The number of hydrogen-bond donors (Lipinski definition) is 0. The van der Waals surface area contributed by atoms with Gasteiger partial charge in [-0.05, 0) is 37.5 Å². The summed E-state index contributed by atoms with van der Waals surface area (Å²) < 4.78 is 0.572. The van der Waals surface area contributed by atoms with E-state index in [1.807, 2.05) is 0 Å². The molecule has 4 fully saturated rings. The molecule has 4 aliphatic carbocycles. The molecule has 4 unspecified atom stereocenters. The van der Waals surface area contributed by atoms with Crippen LogP contribution in [0.5, 0.6) is 0 Å². The number of rotatable bonds is 0. The highest BCUT2D eigenvalue weighted by atomic mass is 79.9. The fourth-order valence-electron chi connectivity index (χ4n) is 4.85. The third kappa shape index (κ3) is 0.889. The largest absolute Gasteiger partial charge is 0.0929 e. The third-order valence-electron chi connectivity index (χ3n) is 5.76. The molecule has 0 aromatic heterocycles. The van der Waals surface area contributed by atoms with Gasteiger partial charge in [0.15, 0.2) is 0 Å². The van der Waals surface area contributed by atoms with Crippen molar-refractivity contribution >= 4 is 63.7 Å². The Bertz CT molecular complexity index is 334. The predicted octanol–water partition coefficient (Wildman–Crippen LogP) is 5.17. The van der Waals surface area contributed by atoms with E-state index in [9.17, 15) is 0 Å². The molecule has 0 aliphatic heterocycles. The number of alkyl halides is 4. The van der Waals surface area contributed by atoms with Crippen LogP contribution in [0, 0.1) is 22.7 Å². The molecule has 0 bridgehead atoms. The summed E-state index contributed by atoms with van der Waals surface area (Å²) in [7, 11) is 0. The van der Waals surface area contributed by atoms with Gasteiger partial charge in [-0.3, -0.25) is 0 Å². The second kappa shape index (κ2) is 2.60. The molecule has 0 heterocycles. The van der Waals surface area contributed by atoms with Crippen molar-refractivity contribution in [3.8, 4) is 0 Å². The van der Waals surface area contributed by atoms with E-state index in [4.69, 9.17) is 0 Å². The molecule has 0 N–H and O–H groups in total. The standard InChI is InChI=1S/C11H12Br4/c12-10(13)6-4-8-2-1-3-9(8,5-7(6)10)11(8,14)15/h6-7H,1-5H2. The molecule has 84 valence electrons. The zero-order chi connectivity index (χ0) is 10.7. The van der Waals surface area contributed by atoms with Gasteiger partial charge in [-0.25, -0.2) is 0 Å². The van der Waals surface area contributed by atoms with Crippen molar-refractivity contribution in [1.82, 2.24) is 0 Å². The van der Waals surface area contributed by atoms with Crippen LogP contribution in [0.2, 0.25) is 0 Å². The first-order valence-electron chi connectivity index (χ1n) is 5.65. The maximum Gasteiger partial charge on any atom is 0.0929 e. The van der Waals surface area contributed by atoms with Gasteiger partial charge in [0.05, 0.1) is 6.47 Å². The smallest absolute Gasteiger partial charge is 0.0721 e. The first kappa shape index (κ1) is 10.8. The third-order valence-corrected chi connectivity index (χ3v) is 11.2. The fourth-order valence-corrected chi connectivity index (χ4v) is 9.26. The summed E-state index contributed by atoms with van der Waals surface area (Å²) in [5.74, 6) is 1.72. The molecule has 4 aliphatic rings. The lowest BCUT2D eigenvalue weighted by atomic mass is 9.82. The van der Waals surface area contributed by atoms with Gasteiger partial charge in [-0.2, -0.15) is 0 Å². The van der Waals surface area contributed by atoms with E-state index in [-0.39, 0.29) is 3.23 Å². The van der Waals surface area contributed by atoms with Crippen LogP contribution in [-0.2, 0) is 0 Å². The minimum atomic E-state index is 0.280. The van der Waals surface area contributed by atoms with Crippen LogP contribution in [0.4, 0.5) is 0 Å². The van der Waals surface area contributed by atoms with Crippen LogP contribution >= 0.6 is 63.7 Å². The summed E-state index contributed by atoms with van der Waals surface area (Å²) in [4.78, 5) is 0. The average molecular weight is 464 g/mol. The highest BCUT2D eigenvalue weighted by Crippen LogP contribution is 2.95. The van der Waals surface area contributed by atoms with Gasteiger partial charge in [0, 0.05) is 10.8 Å². The van der Waals surface area contributed by atoms with Gasteiger partial charge in [0.1, 0.15) is 0 Å². The van der Waals surface area contributed by atoms with Crippen molar-refractivity contribution in [2.45, 2.75) is 38.6 Å². The van der Waals surface area contributed by atoms with Crippen LogP contribution in [0.1, 0.15) is 32.1 Å². The van der Waals surface area contributed by atoms with Crippen molar-refractivity contribution in [2.75, 3.05) is 0 Å². The predicted molar refractivity (Wildman–Crippen MR) is 76.1 cm³/mol. The summed E-state index contributed by atoms with van der Waals surface area (Å²) in [5.41, 5.74) is 1.15. The first-order chi connectivity index (χ1) is 6.89. The normalized spacial score (nSPS) is 61.6. The van der Waals surface area contributed by atoms with E-state index >= 15 is 0 Å². The molecule has 4 heteroatoms. The minimum absolute atomic E-state index is 0.280. The molecule has 0 aromatic rings. The van der Waals surface area contributed by atoms with E-state index in [0.29, 0.717) is 14.1 Å². The summed E-state index contributed by atoms with van der Waals surface area (Å²) in [5, 5.41) is 0. The lowest BCUT2D eigenvalue weighted by molar-refractivity contribution is 0.265. The topological polar surface area (TPSA) is 0 Å². The van der Waals surface area contributed by atoms with Gasteiger partial charge in [-0.15, -0.1) is 0 Å². The molecule has 0 nitrogen and oxygen atoms in total. The zero-order valence-electron chi connectivity index (χ0n) is 8.20. The number of fused-ring (bicyclic) bond motifs is 1. The maximum atomic E-state index is 3.98. The number of hydrogen-bond acceptors (Lipinski definition) is 0. The van der Waals surface area contributed by atoms with E-state index < -0.39 is 0 Å². The Hall–Kier alpha value is 1.92. The van der Waals surface area contributed by atoms with Crippen LogP contribution < -0.4 is 0 Å². The average Bonchev–Trinajstić information content (AvgIpc) is 2.72. The lowest BCUT2D eigenvalue weighted by Crippen LogP contribution is -2.14. The van der Waals surface area contributed by atoms with Gasteiger partial charge in [0.25, 0.3) is 0 Å². The quantitative estimate of drug-likeness (QED) is 0.435. The SMILES string of the molecule is BrC1(Br)C2CC34CCCC3(CC21)C4(Br)Br. The molecule has 15 heavy (non-hydrogen) atoms. The lowest BCUT2D eigenvalue weighted by Gasteiger charge is -2.21. The van der Waals surface area contributed by atoms with E-state index in [1.165, 1.54) is 32.1 Å². The highest BCUT2D eigenvalue weighted by molar-refractivity contribution is 9.26. The van der Waals surface area contributed by atoms with Crippen LogP contribution in [-0.4, -0.2) is 6.47 Å². The fraction of sp³-hybridized carbons (Fsp3) is 1.00. The Balaban J connectivity index is 1.77. The van der Waals surface area contributed by atoms with Gasteiger partial charge >= 0.3 is 0 Å². The molecule has 0 radical (unpaired) electrons. The molecule has 0 spiro atoms. The Labute approximate surface area is 124 Å². The molecule has 4 rings (SSSR count). The Morgan fingerprint density at radius 1 is 0.800 bits per heavy atom. The highest BCUT2D eigenvalue weighted by Gasteiger charge is 2.91. The van der Waals surface area contributed by atoms with Gasteiger partial charge < -0.3 is 0 Å². The number of halogens is 4. The molecule has 4 atom stereocenters. The summed E-state index contributed by atoms with van der Waals surface area (Å²) in [6, 6.07) is 0. The monoisotopic (exact) mass is 460 g/mol. The Morgan fingerprint density at radius 2 is 1.27 bits per heavy atom. The van der Waals surface area contributed by atoms with Crippen molar-refractivity contribution in [1.29, 1.82) is 0 Å². The van der Waals surface area contributed by atoms with E-state index in [1.54, 1.807) is 0 Å². The molecular formula is C11H12Br4. The Morgan fingerprint density at radius 3 is 1.73 bits per heavy atom. The van der Waals surface area contributed by atoms with Crippen LogP contribution in [0.25, 0.3) is 0 Å².